The average Bonchev–Trinajstić information content (AvgIpc) is 2.43. The summed E-state index contributed by atoms with van der Waals surface area (Å²) < 4.78 is 5.57. The number of hydrogen-bond donors (Lipinski definition) is 2. The van der Waals surface area contributed by atoms with Crippen molar-refractivity contribution >= 4 is 28.9 Å². The Bertz CT molecular complexity index is 452. The zero-order valence-electron chi connectivity index (χ0n) is 12.8. The van der Waals surface area contributed by atoms with E-state index in [4.69, 9.17) is 22.1 Å². The quantitative estimate of drug-likeness (QED) is 0.533. The Morgan fingerprint density at radius 1 is 1.48 bits per heavy atom. The van der Waals surface area contributed by atoms with Crippen LogP contribution in [0.25, 0.3) is 0 Å². The maximum atomic E-state index is 11.8. The molecule has 1 aromatic rings. The molecule has 0 aromatic heterocycles. The molecular formula is C16H25ClN2O2. The lowest BCUT2D eigenvalue weighted by Gasteiger charge is -2.10. The Morgan fingerprint density at radius 2 is 2.24 bits per heavy atom. The Labute approximate surface area is 132 Å². The van der Waals surface area contributed by atoms with E-state index in [1.807, 2.05) is 0 Å². The van der Waals surface area contributed by atoms with Gasteiger partial charge in [-0.25, -0.2) is 0 Å². The minimum atomic E-state index is -0.0399. The summed E-state index contributed by atoms with van der Waals surface area (Å²) in [6.45, 7) is 5.74. The van der Waals surface area contributed by atoms with E-state index in [2.05, 4.69) is 19.2 Å². The molecule has 3 N–H and O–H groups in total. The lowest BCUT2D eigenvalue weighted by atomic mass is 10.1. The number of halogens is 1. The van der Waals surface area contributed by atoms with Crippen molar-refractivity contribution in [1.82, 2.24) is 0 Å². The highest BCUT2D eigenvalue weighted by Gasteiger charge is 2.05. The highest BCUT2D eigenvalue weighted by Crippen LogP contribution is 2.22. The molecule has 1 rings (SSSR count). The van der Waals surface area contributed by atoms with Crippen LogP contribution in [0.1, 0.15) is 39.5 Å². The lowest BCUT2D eigenvalue weighted by Crippen LogP contribution is -2.13. The number of ether oxygens (including phenoxy) is 1. The summed E-state index contributed by atoms with van der Waals surface area (Å²) in [5.41, 5.74) is 6.81. The summed E-state index contributed by atoms with van der Waals surface area (Å²) in [7, 11) is 0. The van der Waals surface area contributed by atoms with Gasteiger partial charge in [0.2, 0.25) is 5.91 Å². The highest BCUT2D eigenvalue weighted by molar-refractivity contribution is 6.33. The fraction of sp³-hybridized carbons (Fsp3) is 0.562. The normalized spacial score (nSPS) is 12.1. The van der Waals surface area contributed by atoms with Crippen LogP contribution in [0.15, 0.2) is 18.2 Å². The Kier molecular flexibility index (Phi) is 8.16. The number of benzene rings is 1. The van der Waals surface area contributed by atoms with Crippen LogP contribution >= 0.6 is 11.6 Å². The van der Waals surface area contributed by atoms with Crippen molar-refractivity contribution in [3.05, 3.63) is 23.2 Å². The zero-order valence-corrected chi connectivity index (χ0v) is 13.6. The van der Waals surface area contributed by atoms with E-state index in [1.54, 1.807) is 18.2 Å². The van der Waals surface area contributed by atoms with Crippen LogP contribution in [0.3, 0.4) is 0 Å². The molecule has 5 heteroatoms. The monoisotopic (exact) mass is 312 g/mol. The molecule has 0 saturated carbocycles. The van der Waals surface area contributed by atoms with Gasteiger partial charge < -0.3 is 15.8 Å². The van der Waals surface area contributed by atoms with E-state index < -0.39 is 0 Å². The molecule has 118 valence electrons. The summed E-state index contributed by atoms with van der Waals surface area (Å²) in [5.74, 6) is 0.544. The molecule has 0 bridgehead atoms. The molecule has 0 aliphatic rings. The van der Waals surface area contributed by atoms with Crippen molar-refractivity contribution in [3.63, 3.8) is 0 Å². The highest BCUT2D eigenvalue weighted by atomic mass is 35.5. The fourth-order valence-electron chi connectivity index (χ4n) is 2.04. The van der Waals surface area contributed by atoms with Gasteiger partial charge in [0, 0.05) is 25.3 Å². The first-order chi connectivity index (χ1) is 10.0. The number of nitrogens with one attached hydrogen (secondary N) is 1. The first kappa shape index (κ1) is 17.8. The predicted molar refractivity (Wildman–Crippen MR) is 88.6 cm³/mol. The van der Waals surface area contributed by atoms with Crippen molar-refractivity contribution in [2.24, 2.45) is 5.92 Å². The van der Waals surface area contributed by atoms with Crippen molar-refractivity contribution in [2.75, 3.05) is 24.3 Å². The molecule has 0 heterocycles. The van der Waals surface area contributed by atoms with Gasteiger partial charge >= 0.3 is 0 Å². The second-order valence-electron chi connectivity index (χ2n) is 5.36. The van der Waals surface area contributed by atoms with E-state index in [-0.39, 0.29) is 5.91 Å². The predicted octanol–water partition coefficient (Wildman–Crippen LogP) is 4.09. The Morgan fingerprint density at radius 3 is 2.90 bits per heavy atom. The molecule has 0 radical (unpaired) electrons. The largest absolute Gasteiger partial charge is 0.397 e. The molecule has 1 unspecified atom stereocenters. The second-order valence-corrected chi connectivity index (χ2v) is 5.76. The molecule has 0 saturated heterocycles. The van der Waals surface area contributed by atoms with Crippen molar-refractivity contribution in [3.8, 4) is 0 Å². The van der Waals surface area contributed by atoms with Gasteiger partial charge in [-0.05, 0) is 37.0 Å². The minimum absolute atomic E-state index is 0.0399. The summed E-state index contributed by atoms with van der Waals surface area (Å²) in [5, 5.41) is 3.29. The third kappa shape index (κ3) is 7.34. The third-order valence-corrected chi connectivity index (χ3v) is 3.50. The molecule has 0 aliphatic carbocycles. The number of hydrogen-bond acceptors (Lipinski definition) is 3. The SMILES string of the molecule is CCCC(C)COCCCC(=O)Nc1ccc(Cl)c(N)c1. The van der Waals surface area contributed by atoms with Crippen LogP contribution in [0, 0.1) is 5.92 Å². The minimum Gasteiger partial charge on any atom is -0.397 e. The van der Waals surface area contributed by atoms with Crippen LogP contribution in [0.4, 0.5) is 11.4 Å². The van der Waals surface area contributed by atoms with E-state index in [0.29, 0.717) is 41.8 Å². The van der Waals surface area contributed by atoms with Gasteiger partial charge in [-0.1, -0.05) is 31.9 Å². The van der Waals surface area contributed by atoms with Crippen LogP contribution in [0.5, 0.6) is 0 Å². The number of carbonyl (C=O) groups is 1. The topological polar surface area (TPSA) is 64.3 Å². The number of anilines is 2. The standard InChI is InChI=1S/C16H25ClN2O2/c1-3-5-12(2)11-21-9-4-6-16(20)19-13-7-8-14(17)15(18)10-13/h7-8,10,12H,3-6,9,11,18H2,1-2H3,(H,19,20). The Balaban J connectivity index is 2.18. The van der Waals surface area contributed by atoms with E-state index in [0.717, 1.165) is 6.61 Å². The first-order valence-corrected chi connectivity index (χ1v) is 7.83. The molecule has 4 nitrogen and oxygen atoms in total. The molecule has 0 spiro atoms. The molecule has 0 aliphatic heterocycles. The van der Waals surface area contributed by atoms with E-state index >= 15 is 0 Å². The van der Waals surface area contributed by atoms with Crippen molar-refractivity contribution < 1.29 is 9.53 Å². The van der Waals surface area contributed by atoms with Gasteiger partial charge in [0.15, 0.2) is 0 Å². The van der Waals surface area contributed by atoms with Gasteiger partial charge in [-0.2, -0.15) is 0 Å². The second kappa shape index (κ2) is 9.64. The maximum Gasteiger partial charge on any atom is 0.224 e. The van der Waals surface area contributed by atoms with Crippen LogP contribution < -0.4 is 11.1 Å². The maximum absolute atomic E-state index is 11.8. The van der Waals surface area contributed by atoms with Crippen LogP contribution in [-0.4, -0.2) is 19.1 Å². The smallest absolute Gasteiger partial charge is 0.224 e. The molecular weight excluding hydrogens is 288 g/mol. The number of carbonyl (C=O) groups excluding carboxylic acids is 1. The number of nitrogens with two attached hydrogens (primary N) is 1. The van der Waals surface area contributed by atoms with E-state index in [9.17, 15) is 4.79 Å². The third-order valence-electron chi connectivity index (χ3n) is 3.16. The van der Waals surface area contributed by atoms with Crippen LogP contribution in [0.2, 0.25) is 5.02 Å². The zero-order chi connectivity index (χ0) is 15.7. The molecule has 0 fully saturated rings. The molecule has 1 atom stereocenters. The van der Waals surface area contributed by atoms with Gasteiger partial charge in [-0.15, -0.1) is 0 Å². The van der Waals surface area contributed by atoms with Crippen molar-refractivity contribution in [2.45, 2.75) is 39.5 Å². The Hall–Kier alpha value is -1.26. The first-order valence-electron chi connectivity index (χ1n) is 7.45. The molecule has 21 heavy (non-hydrogen) atoms. The summed E-state index contributed by atoms with van der Waals surface area (Å²) in [4.78, 5) is 11.8. The summed E-state index contributed by atoms with van der Waals surface area (Å²) in [6, 6.07) is 5.06. The van der Waals surface area contributed by atoms with Gasteiger partial charge in [0.1, 0.15) is 0 Å². The van der Waals surface area contributed by atoms with Gasteiger partial charge in [0.05, 0.1) is 10.7 Å². The number of rotatable bonds is 9. The van der Waals surface area contributed by atoms with Gasteiger partial charge in [-0.3, -0.25) is 4.79 Å². The summed E-state index contributed by atoms with van der Waals surface area (Å²) >= 11 is 5.83. The number of nitrogen functional groups attached to an aromatic ring is 1. The average molecular weight is 313 g/mol. The lowest BCUT2D eigenvalue weighted by molar-refractivity contribution is -0.116. The van der Waals surface area contributed by atoms with Crippen LogP contribution in [-0.2, 0) is 9.53 Å². The molecule has 1 aromatic carbocycles. The van der Waals surface area contributed by atoms with Crippen molar-refractivity contribution in [1.29, 1.82) is 0 Å². The van der Waals surface area contributed by atoms with Gasteiger partial charge in [0.25, 0.3) is 0 Å². The van der Waals surface area contributed by atoms with E-state index in [1.165, 1.54) is 12.8 Å². The summed E-state index contributed by atoms with van der Waals surface area (Å²) in [6.07, 6.45) is 3.51. The number of amides is 1. The fourth-order valence-corrected chi connectivity index (χ4v) is 2.16. The molecule has 1 amide bonds.